The lowest BCUT2D eigenvalue weighted by atomic mass is 9.98. The normalized spacial score (nSPS) is 18.2. The van der Waals surface area contributed by atoms with Crippen LogP contribution in [0.4, 0.5) is 0 Å². The van der Waals surface area contributed by atoms with Gasteiger partial charge in [0.2, 0.25) is 0 Å². The van der Waals surface area contributed by atoms with Crippen molar-refractivity contribution in [2.45, 2.75) is 26.0 Å². The lowest BCUT2D eigenvalue weighted by molar-refractivity contribution is 0.261. The van der Waals surface area contributed by atoms with Crippen LogP contribution in [0.15, 0.2) is 6.20 Å². The van der Waals surface area contributed by atoms with E-state index in [9.17, 15) is 0 Å². The number of hydrogen-bond donors (Lipinski definition) is 3. The van der Waals surface area contributed by atoms with Crippen molar-refractivity contribution in [2.75, 3.05) is 13.1 Å². The number of aromatic nitrogens is 2. The number of hydrogen-bond acceptors (Lipinski definition) is 3. The smallest absolute Gasteiger partial charge is 0.177 e. The lowest BCUT2D eigenvalue weighted by Crippen LogP contribution is -2.30. The molecule has 0 aliphatic carbocycles. The Hall–Kier alpha value is -0.650. The Bertz CT molecular complexity index is 365. The van der Waals surface area contributed by atoms with Gasteiger partial charge < -0.3 is 20.0 Å². The molecule has 0 spiro atoms. The van der Waals surface area contributed by atoms with Gasteiger partial charge in [0, 0.05) is 12.7 Å². The van der Waals surface area contributed by atoms with Gasteiger partial charge >= 0.3 is 0 Å². The summed E-state index contributed by atoms with van der Waals surface area (Å²) < 4.78 is 2.74. The van der Waals surface area contributed by atoms with Crippen molar-refractivity contribution in [2.24, 2.45) is 5.92 Å². The van der Waals surface area contributed by atoms with Crippen LogP contribution in [0.3, 0.4) is 0 Å². The highest BCUT2D eigenvalue weighted by atomic mass is 32.1. The van der Waals surface area contributed by atoms with E-state index in [1.54, 1.807) is 6.20 Å². The maximum atomic E-state index is 9.16. The summed E-state index contributed by atoms with van der Waals surface area (Å²) >= 11 is 5.19. The molecular weight excluding hydrogens is 210 g/mol. The Morgan fingerprint density at radius 2 is 2.20 bits per heavy atom. The number of rotatable bonds is 3. The summed E-state index contributed by atoms with van der Waals surface area (Å²) in [6.45, 7) is 3.17. The molecule has 1 fully saturated rings. The Morgan fingerprint density at radius 3 is 2.87 bits per heavy atom. The van der Waals surface area contributed by atoms with Crippen LogP contribution in [-0.4, -0.2) is 27.7 Å². The molecule has 1 saturated heterocycles. The molecule has 0 saturated carbocycles. The van der Waals surface area contributed by atoms with Gasteiger partial charge in [0.25, 0.3) is 0 Å². The lowest BCUT2D eigenvalue weighted by Gasteiger charge is -2.23. The number of nitrogens with zero attached hydrogens (tertiary/aromatic N) is 1. The third-order valence-corrected chi connectivity index (χ3v) is 3.35. The summed E-state index contributed by atoms with van der Waals surface area (Å²) in [4.78, 5) is 2.98. The third-order valence-electron chi connectivity index (χ3n) is 3.02. The zero-order valence-corrected chi connectivity index (χ0v) is 9.52. The van der Waals surface area contributed by atoms with E-state index in [1.165, 1.54) is 12.8 Å². The first-order valence-corrected chi connectivity index (χ1v) is 5.80. The number of aliphatic hydroxyl groups excluding tert-OH is 1. The van der Waals surface area contributed by atoms with Crippen LogP contribution < -0.4 is 5.32 Å². The van der Waals surface area contributed by atoms with Crippen molar-refractivity contribution >= 4 is 12.2 Å². The molecule has 0 atom stereocenters. The number of imidazole rings is 1. The van der Waals surface area contributed by atoms with Crippen LogP contribution in [0.25, 0.3) is 0 Å². The molecule has 5 heteroatoms. The van der Waals surface area contributed by atoms with Crippen LogP contribution >= 0.6 is 12.2 Å². The first-order chi connectivity index (χ1) is 7.31. The van der Waals surface area contributed by atoms with Gasteiger partial charge in [0.15, 0.2) is 4.77 Å². The summed E-state index contributed by atoms with van der Waals surface area (Å²) in [6.07, 6.45) is 4.18. The van der Waals surface area contributed by atoms with E-state index in [1.807, 2.05) is 4.57 Å². The molecule has 15 heavy (non-hydrogen) atoms. The van der Waals surface area contributed by atoms with Crippen LogP contribution in [-0.2, 0) is 13.2 Å². The largest absolute Gasteiger partial charge is 0.390 e. The van der Waals surface area contributed by atoms with Crippen LogP contribution in [0.2, 0.25) is 0 Å². The standard InChI is InChI=1S/C10H17N3OS/c14-7-9-5-12-10(15)13(9)6-8-1-3-11-4-2-8/h5,8,11,14H,1-4,6-7H2,(H,12,15). The maximum Gasteiger partial charge on any atom is 0.177 e. The van der Waals surface area contributed by atoms with Crippen molar-refractivity contribution in [1.82, 2.24) is 14.9 Å². The van der Waals surface area contributed by atoms with Crippen molar-refractivity contribution in [1.29, 1.82) is 0 Å². The first-order valence-electron chi connectivity index (χ1n) is 5.40. The molecule has 0 radical (unpaired) electrons. The fraction of sp³-hybridized carbons (Fsp3) is 0.700. The Labute approximate surface area is 94.3 Å². The van der Waals surface area contributed by atoms with Gasteiger partial charge in [0.05, 0.1) is 12.3 Å². The number of H-pyrrole nitrogens is 1. The second-order valence-electron chi connectivity index (χ2n) is 4.05. The second kappa shape index (κ2) is 4.92. The van der Waals surface area contributed by atoms with E-state index in [0.29, 0.717) is 5.92 Å². The van der Waals surface area contributed by atoms with E-state index in [4.69, 9.17) is 17.3 Å². The second-order valence-corrected chi connectivity index (χ2v) is 4.43. The molecule has 2 heterocycles. The molecule has 1 aliphatic rings. The molecule has 0 bridgehead atoms. The number of piperidine rings is 1. The Balaban J connectivity index is 2.08. The zero-order valence-electron chi connectivity index (χ0n) is 8.70. The van der Waals surface area contributed by atoms with Gasteiger partial charge in [-0.1, -0.05) is 0 Å². The average molecular weight is 227 g/mol. The van der Waals surface area contributed by atoms with Crippen LogP contribution in [0, 0.1) is 10.7 Å². The van der Waals surface area contributed by atoms with Gasteiger partial charge in [-0.3, -0.25) is 0 Å². The minimum atomic E-state index is 0.0537. The summed E-state index contributed by atoms with van der Waals surface area (Å²) in [5.41, 5.74) is 0.888. The SMILES string of the molecule is OCc1c[nH]c(=S)n1CC1CCNCC1. The maximum absolute atomic E-state index is 9.16. The number of nitrogens with one attached hydrogen (secondary N) is 2. The molecule has 0 unspecified atom stereocenters. The average Bonchev–Trinajstić information content (AvgIpc) is 2.62. The van der Waals surface area contributed by atoms with E-state index >= 15 is 0 Å². The summed E-state index contributed by atoms with van der Waals surface area (Å²) in [5, 5.41) is 12.5. The van der Waals surface area contributed by atoms with Gasteiger partial charge in [0.1, 0.15) is 0 Å². The van der Waals surface area contributed by atoms with E-state index in [2.05, 4.69) is 10.3 Å². The highest BCUT2D eigenvalue weighted by Gasteiger charge is 2.15. The first kappa shape index (κ1) is 10.9. The van der Waals surface area contributed by atoms with Gasteiger partial charge in [-0.15, -0.1) is 0 Å². The molecule has 4 nitrogen and oxygen atoms in total. The Morgan fingerprint density at radius 1 is 1.47 bits per heavy atom. The van der Waals surface area contributed by atoms with Gasteiger partial charge in [-0.2, -0.15) is 0 Å². The molecule has 2 rings (SSSR count). The van der Waals surface area contributed by atoms with Crippen LogP contribution in [0.1, 0.15) is 18.5 Å². The molecular formula is C10H17N3OS. The minimum Gasteiger partial charge on any atom is -0.390 e. The predicted molar refractivity (Wildman–Crippen MR) is 61.1 cm³/mol. The van der Waals surface area contributed by atoms with Crippen LogP contribution in [0.5, 0.6) is 0 Å². The topological polar surface area (TPSA) is 53.0 Å². The minimum absolute atomic E-state index is 0.0537. The highest BCUT2D eigenvalue weighted by molar-refractivity contribution is 7.71. The van der Waals surface area contributed by atoms with E-state index in [0.717, 1.165) is 30.1 Å². The van der Waals surface area contributed by atoms with Crippen molar-refractivity contribution in [3.8, 4) is 0 Å². The molecule has 1 aromatic heterocycles. The summed E-state index contributed by atoms with van der Waals surface area (Å²) in [5.74, 6) is 0.680. The van der Waals surface area contributed by atoms with E-state index < -0.39 is 0 Å². The molecule has 0 aromatic carbocycles. The Kier molecular flexibility index (Phi) is 3.56. The number of aliphatic hydroxyl groups is 1. The van der Waals surface area contributed by atoms with E-state index in [-0.39, 0.29) is 6.61 Å². The predicted octanol–water partition coefficient (Wildman–Crippen LogP) is 1.04. The molecule has 1 aliphatic heterocycles. The highest BCUT2D eigenvalue weighted by Crippen LogP contribution is 2.16. The quantitative estimate of drug-likeness (QED) is 0.676. The zero-order chi connectivity index (χ0) is 10.7. The summed E-state index contributed by atoms with van der Waals surface area (Å²) in [7, 11) is 0. The summed E-state index contributed by atoms with van der Waals surface area (Å²) in [6, 6.07) is 0. The molecule has 3 N–H and O–H groups in total. The molecule has 84 valence electrons. The van der Waals surface area contributed by atoms with Gasteiger partial charge in [-0.05, 0) is 44.1 Å². The fourth-order valence-electron chi connectivity index (χ4n) is 2.08. The number of aromatic amines is 1. The molecule has 1 aromatic rings. The van der Waals surface area contributed by atoms with Crippen molar-refractivity contribution in [3.05, 3.63) is 16.7 Å². The third kappa shape index (κ3) is 2.48. The monoisotopic (exact) mass is 227 g/mol. The van der Waals surface area contributed by atoms with Gasteiger partial charge in [-0.25, -0.2) is 0 Å². The van der Waals surface area contributed by atoms with Crippen molar-refractivity contribution in [3.63, 3.8) is 0 Å². The molecule has 0 amide bonds. The van der Waals surface area contributed by atoms with Crippen molar-refractivity contribution < 1.29 is 5.11 Å². The fourth-order valence-corrected chi connectivity index (χ4v) is 2.34.